The lowest BCUT2D eigenvalue weighted by molar-refractivity contribution is -0.120. The molecule has 7 rings (SSSR count). The largest absolute Gasteiger partial charge is 0.497 e. The van der Waals surface area contributed by atoms with Gasteiger partial charge in [0.05, 0.1) is 43.7 Å². The van der Waals surface area contributed by atoms with Gasteiger partial charge in [0.25, 0.3) is 0 Å². The fourth-order valence-corrected chi connectivity index (χ4v) is 6.33. The van der Waals surface area contributed by atoms with Crippen molar-refractivity contribution in [2.75, 3.05) is 24.4 Å². The van der Waals surface area contributed by atoms with E-state index in [0.29, 0.717) is 47.1 Å². The molecule has 1 aliphatic carbocycles. The van der Waals surface area contributed by atoms with Crippen LogP contribution < -0.4 is 19.7 Å². The molecular weight excluding hydrogens is 661 g/mol. The molecule has 1 aliphatic rings. The summed E-state index contributed by atoms with van der Waals surface area (Å²) in [5.41, 5.74) is 4.89. The second kappa shape index (κ2) is 13.8. The smallest absolute Gasteiger partial charge is 0.248 e. The lowest BCUT2D eigenvalue weighted by Crippen LogP contribution is -2.24. The van der Waals surface area contributed by atoms with Crippen molar-refractivity contribution in [3.05, 3.63) is 108 Å². The third kappa shape index (κ3) is 7.07. The third-order valence-electron chi connectivity index (χ3n) is 9.09. The Morgan fingerprint density at radius 2 is 1.63 bits per heavy atom. The summed E-state index contributed by atoms with van der Waals surface area (Å²) in [6, 6.07) is 18.4. The van der Waals surface area contributed by atoms with Crippen molar-refractivity contribution in [3.63, 3.8) is 0 Å². The number of nitrogens with one attached hydrogen (secondary N) is 1. The van der Waals surface area contributed by atoms with Gasteiger partial charge in [0.15, 0.2) is 11.5 Å². The molecule has 1 amide bonds. The topological polar surface area (TPSA) is 112 Å². The number of rotatable bonds is 11. The first-order valence-electron chi connectivity index (χ1n) is 16.3. The van der Waals surface area contributed by atoms with Crippen molar-refractivity contribution >= 4 is 23.1 Å². The Morgan fingerprint density at radius 1 is 0.961 bits per heavy atom. The zero-order valence-electron chi connectivity index (χ0n) is 28.2. The standard InChI is InChI=1S/C37H35F3N8O3/c1-23-14-30(38)31(45-36(49)26-12-13-37(39,40)16-26)15-32(23)47-21-27(17-43-47)33-18-41-35-34(42-22-44-48(33)35)46(19-24-4-8-28(50-2)9-5-24)20-25-6-10-29(51-3)11-7-25/h4-11,14-15,17-18,21-22,26H,12-13,16,19-20H2,1-3H3,(H,45,49). The van der Waals surface area contributed by atoms with Crippen LogP contribution in [0.1, 0.15) is 36.0 Å². The van der Waals surface area contributed by atoms with E-state index in [1.54, 1.807) is 48.9 Å². The van der Waals surface area contributed by atoms with Gasteiger partial charge in [-0.1, -0.05) is 24.3 Å². The molecule has 51 heavy (non-hydrogen) atoms. The quantitative estimate of drug-likeness (QED) is 0.154. The van der Waals surface area contributed by atoms with Crippen LogP contribution in [0.4, 0.5) is 24.7 Å². The molecule has 0 aliphatic heterocycles. The van der Waals surface area contributed by atoms with Crippen molar-refractivity contribution in [3.8, 4) is 28.4 Å². The van der Waals surface area contributed by atoms with Crippen LogP contribution in [0.2, 0.25) is 0 Å². The molecule has 1 N–H and O–H groups in total. The van der Waals surface area contributed by atoms with Crippen LogP contribution in [0.3, 0.4) is 0 Å². The number of carbonyl (C=O) groups is 1. The van der Waals surface area contributed by atoms with Gasteiger partial charge >= 0.3 is 0 Å². The molecule has 0 bridgehead atoms. The zero-order chi connectivity index (χ0) is 35.7. The summed E-state index contributed by atoms with van der Waals surface area (Å²) < 4.78 is 56.4. The molecule has 3 heterocycles. The van der Waals surface area contributed by atoms with Crippen LogP contribution in [0.15, 0.2) is 85.6 Å². The number of carbonyl (C=O) groups excluding carboxylic acids is 1. The number of benzene rings is 3. The van der Waals surface area contributed by atoms with Crippen LogP contribution in [0, 0.1) is 18.7 Å². The van der Waals surface area contributed by atoms with Gasteiger partial charge in [-0.3, -0.25) is 4.79 Å². The van der Waals surface area contributed by atoms with E-state index >= 15 is 0 Å². The third-order valence-corrected chi connectivity index (χ3v) is 9.09. The van der Waals surface area contributed by atoms with E-state index in [2.05, 4.69) is 25.4 Å². The fraction of sp³-hybridized carbons (Fsp3) is 0.270. The number of fused-ring (bicyclic) bond motifs is 1. The average molecular weight is 697 g/mol. The van der Waals surface area contributed by atoms with Crippen LogP contribution in [0.25, 0.3) is 22.6 Å². The monoisotopic (exact) mass is 696 g/mol. The van der Waals surface area contributed by atoms with Gasteiger partial charge in [0.2, 0.25) is 11.8 Å². The number of alkyl halides is 2. The minimum Gasteiger partial charge on any atom is -0.497 e. The highest BCUT2D eigenvalue weighted by Crippen LogP contribution is 2.39. The predicted octanol–water partition coefficient (Wildman–Crippen LogP) is 7.02. The number of hydrogen-bond donors (Lipinski definition) is 1. The second-order valence-corrected chi connectivity index (χ2v) is 12.6. The Balaban J connectivity index is 1.19. The molecule has 1 saturated carbocycles. The summed E-state index contributed by atoms with van der Waals surface area (Å²) in [5, 5.41) is 11.6. The van der Waals surface area contributed by atoms with Gasteiger partial charge in [-0.05, 0) is 66.4 Å². The molecule has 6 aromatic rings. The molecular formula is C37H35F3N8O3. The molecule has 262 valence electrons. The highest BCUT2D eigenvalue weighted by Gasteiger charge is 2.42. The Morgan fingerprint density at radius 3 is 2.24 bits per heavy atom. The number of ether oxygens (including phenoxy) is 2. The second-order valence-electron chi connectivity index (χ2n) is 12.6. The number of halogens is 3. The summed E-state index contributed by atoms with van der Waals surface area (Å²) in [6.45, 7) is 2.76. The summed E-state index contributed by atoms with van der Waals surface area (Å²) in [5.74, 6) is -2.93. The molecule has 3 aromatic heterocycles. The van der Waals surface area contributed by atoms with Crippen molar-refractivity contribution < 1.29 is 27.4 Å². The lowest BCUT2D eigenvalue weighted by atomic mass is 10.1. The summed E-state index contributed by atoms with van der Waals surface area (Å²) in [6.07, 6.45) is 5.70. The van der Waals surface area contributed by atoms with E-state index in [0.717, 1.165) is 22.6 Å². The van der Waals surface area contributed by atoms with Gasteiger partial charge in [0, 0.05) is 43.6 Å². The molecule has 14 heteroatoms. The molecule has 0 saturated heterocycles. The maximum Gasteiger partial charge on any atom is 0.248 e. The number of methoxy groups -OCH3 is 2. The average Bonchev–Trinajstić information content (AvgIpc) is 3.88. The highest BCUT2D eigenvalue weighted by atomic mass is 19.3. The van der Waals surface area contributed by atoms with Gasteiger partial charge in [0.1, 0.15) is 23.6 Å². The first kappa shape index (κ1) is 33.6. The summed E-state index contributed by atoms with van der Waals surface area (Å²) in [7, 11) is 3.26. The molecule has 1 fully saturated rings. The van der Waals surface area contributed by atoms with Crippen molar-refractivity contribution in [1.82, 2.24) is 29.4 Å². The molecule has 3 aromatic carbocycles. The van der Waals surface area contributed by atoms with E-state index < -0.39 is 30.0 Å². The van der Waals surface area contributed by atoms with Crippen molar-refractivity contribution in [1.29, 1.82) is 0 Å². The van der Waals surface area contributed by atoms with Gasteiger partial charge in [-0.25, -0.2) is 32.3 Å². The maximum absolute atomic E-state index is 15.0. The number of nitrogens with zero attached hydrogens (tertiary/aromatic N) is 7. The predicted molar refractivity (Wildman–Crippen MR) is 185 cm³/mol. The minimum absolute atomic E-state index is 0.0486. The highest BCUT2D eigenvalue weighted by molar-refractivity contribution is 5.93. The number of anilines is 2. The summed E-state index contributed by atoms with van der Waals surface area (Å²) in [4.78, 5) is 24.2. The van der Waals surface area contributed by atoms with E-state index in [1.807, 2.05) is 48.5 Å². The lowest BCUT2D eigenvalue weighted by Gasteiger charge is -2.24. The number of aryl methyl sites for hydroxylation is 1. The van der Waals surface area contributed by atoms with Gasteiger partial charge < -0.3 is 19.7 Å². The number of imidazole rings is 1. The first-order chi connectivity index (χ1) is 24.6. The Kier molecular flexibility index (Phi) is 9.06. The fourth-order valence-electron chi connectivity index (χ4n) is 6.33. The van der Waals surface area contributed by atoms with Crippen molar-refractivity contribution in [2.45, 2.75) is 45.2 Å². The Hall–Kier alpha value is -5.92. The van der Waals surface area contributed by atoms with Crippen molar-refractivity contribution in [2.24, 2.45) is 5.92 Å². The summed E-state index contributed by atoms with van der Waals surface area (Å²) >= 11 is 0. The molecule has 0 spiro atoms. The minimum atomic E-state index is -2.89. The molecule has 11 nitrogen and oxygen atoms in total. The normalized spacial score (nSPS) is 15.2. The van der Waals surface area contributed by atoms with E-state index in [-0.39, 0.29) is 18.5 Å². The number of amides is 1. The van der Waals surface area contributed by atoms with E-state index in [4.69, 9.17) is 14.5 Å². The number of hydrogen-bond acceptors (Lipinski definition) is 8. The Bertz CT molecular complexity index is 2130. The molecule has 1 atom stereocenters. The van der Waals surface area contributed by atoms with Gasteiger partial charge in [-0.15, -0.1) is 0 Å². The SMILES string of the molecule is COc1ccc(CN(Cc2ccc(OC)cc2)c2ncnn3c(-c4cnn(-c5cc(NC(=O)C6CCC(F)(F)C6)c(F)cc5C)c4)cnc23)cc1. The first-order valence-corrected chi connectivity index (χ1v) is 16.3. The maximum atomic E-state index is 15.0. The van der Waals surface area contributed by atoms with E-state index in [9.17, 15) is 18.0 Å². The number of aromatic nitrogens is 6. The van der Waals surface area contributed by atoms with Crippen LogP contribution >= 0.6 is 0 Å². The van der Waals surface area contributed by atoms with Crippen LogP contribution in [-0.2, 0) is 17.9 Å². The van der Waals surface area contributed by atoms with E-state index in [1.165, 1.54) is 18.5 Å². The molecule has 0 radical (unpaired) electrons. The zero-order valence-corrected chi connectivity index (χ0v) is 28.2. The van der Waals surface area contributed by atoms with Crippen LogP contribution in [-0.4, -0.2) is 55.4 Å². The Labute approximate surface area is 291 Å². The van der Waals surface area contributed by atoms with Gasteiger partial charge in [-0.2, -0.15) is 10.2 Å². The van der Waals surface area contributed by atoms with Crippen LogP contribution in [0.5, 0.6) is 11.5 Å². The molecule has 1 unspecified atom stereocenters.